The lowest BCUT2D eigenvalue weighted by Crippen LogP contribution is -2.17. The summed E-state index contributed by atoms with van der Waals surface area (Å²) in [5, 5.41) is 4.88. The van der Waals surface area contributed by atoms with Gasteiger partial charge in [0, 0.05) is 11.4 Å². The largest absolute Gasteiger partial charge is 0.480 e. The summed E-state index contributed by atoms with van der Waals surface area (Å²) in [6.07, 6.45) is 11.1. The van der Waals surface area contributed by atoms with Crippen LogP contribution < -0.4 is 4.74 Å². The molecule has 2 rings (SSSR count). The van der Waals surface area contributed by atoms with Gasteiger partial charge in [-0.15, -0.1) is 0 Å². The van der Waals surface area contributed by atoms with Crippen LogP contribution >= 0.6 is 23.2 Å². The molecular weight excluding hydrogens is 453 g/mol. The second kappa shape index (κ2) is 15.1. The molecule has 0 amide bonds. The van der Waals surface area contributed by atoms with Crippen molar-refractivity contribution in [3.63, 3.8) is 0 Å². The van der Waals surface area contributed by atoms with Crippen molar-refractivity contribution in [1.29, 1.82) is 0 Å². The number of ether oxygens (including phenoxy) is 2. The Kier molecular flexibility index (Phi) is 12.5. The molecule has 1 saturated heterocycles. The van der Waals surface area contributed by atoms with E-state index in [0.29, 0.717) is 35.1 Å². The number of carbonyl (C=O) groups excluding carboxylic acids is 2. The fraction of sp³-hybridized carbons (Fsp3) is 0.625. The van der Waals surface area contributed by atoms with E-state index >= 15 is 0 Å². The molecule has 1 unspecified atom stereocenters. The number of esters is 1. The maximum Gasteiger partial charge on any atom is 0.372 e. The van der Waals surface area contributed by atoms with E-state index in [1.165, 1.54) is 25.3 Å². The third kappa shape index (κ3) is 11.2. The first-order chi connectivity index (χ1) is 15.4. The number of carbonyl (C=O) groups is 2. The van der Waals surface area contributed by atoms with Crippen LogP contribution in [0.3, 0.4) is 0 Å². The van der Waals surface area contributed by atoms with Gasteiger partial charge in [0.25, 0.3) is 0 Å². The standard InChI is InChI=1S/C24H33Cl2NO5/c1-18-12-14-20(10-8-6-4-2-3-5-7-9-11-23(28)31-18)27-32-24(29)17-30-22-15-13-19(25)16-21(22)26/h13,15-16,18H,2-12,14,17H2,1H3/b27-20+. The zero-order valence-electron chi connectivity index (χ0n) is 18.7. The maximum absolute atomic E-state index is 12.1. The minimum absolute atomic E-state index is 0.146. The fourth-order valence-corrected chi connectivity index (χ4v) is 3.92. The molecule has 0 saturated carbocycles. The Balaban J connectivity index is 1.87. The summed E-state index contributed by atoms with van der Waals surface area (Å²) in [6.45, 7) is 1.57. The number of hydrogen-bond acceptors (Lipinski definition) is 6. The molecule has 0 bridgehead atoms. The molecule has 1 fully saturated rings. The van der Waals surface area contributed by atoms with Crippen molar-refractivity contribution in [1.82, 2.24) is 0 Å². The minimum Gasteiger partial charge on any atom is -0.480 e. The summed E-state index contributed by atoms with van der Waals surface area (Å²) >= 11 is 11.9. The van der Waals surface area contributed by atoms with Crippen LogP contribution in [0.1, 0.15) is 84.0 Å². The molecule has 0 N–H and O–H groups in total. The van der Waals surface area contributed by atoms with E-state index < -0.39 is 5.97 Å². The lowest BCUT2D eigenvalue weighted by atomic mass is 10.0. The average molecular weight is 486 g/mol. The van der Waals surface area contributed by atoms with Crippen molar-refractivity contribution in [2.75, 3.05) is 6.61 Å². The normalized spacial score (nSPS) is 21.0. The number of benzene rings is 1. The van der Waals surface area contributed by atoms with Gasteiger partial charge in [0.1, 0.15) is 5.75 Å². The van der Waals surface area contributed by atoms with E-state index in [9.17, 15) is 9.59 Å². The first-order valence-electron chi connectivity index (χ1n) is 11.5. The Hall–Kier alpha value is -1.79. The monoisotopic (exact) mass is 485 g/mol. The predicted molar refractivity (Wildman–Crippen MR) is 126 cm³/mol. The highest BCUT2D eigenvalue weighted by molar-refractivity contribution is 6.35. The van der Waals surface area contributed by atoms with Crippen LogP contribution in [0.25, 0.3) is 0 Å². The summed E-state index contributed by atoms with van der Waals surface area (Å²) in [7, 11) is 0. The molecule has 32 heavy (non-hydrogen) atoms. The van der Waals surface area contributed by atoms with Crippen molar-refractivity contribution in [3.05, 3.63) is 28.2 Å². The quantitative estimate of drug-likeness (QED) is 0.263. The molecule has 1 aromatic rings. The second-order valence-corrected chi connectivity index (χ2v) is 9.00. The Morgan fingerprint density at radius 2 is 1.69 bits per heavy atom. The van der Waals surface area contributed by atoms with Gasteiger partial charge < -0.3 is 14.3 Å². The second-order valence-electron chi connectivity index (χ2n) is 8.15. The summed E-state index contributed by atoms with van der Waals surface area (Å²) in [5.41, 5.74) is 0.790. The van der Waals surface area contributed by atoms with Crippen LogP contribution in [0.4, 0.5) is 0 Å². The van der Waals surface area contributed by atoms with Gasteiger partial charge in [-0.1, -0.05) is 66.9 Å². The highest BCUT2D eigenvalue weighted by atomic mass is 35.5. The van der Waals surface area contributed by atoms with E-state index in [4.69, 9.17) is 37.5 Å². The SMILES string of the molecule is CC1CC/C(=N/OC(=O)COc2ccc(Cl)cc2Cl)CCCCCCCCCCC(=O)O1. The molecule has 178 valence electrons. The van der Waals surface area contributed by atoms with Crippen LogP contribution in [0.2, 0.25) is 10.0 Å². The molecule has 8 heteroatoms. The summed E-state index contributed by atoms with van der Waals surface area (Å²) in [4.78, 5) is 29.1. The molecule has 1 aliphatic rings. The van der Waals surface area contributed by atoms with E-state index in [0.717, 1.165) is 44.2 Å². The third-order valence-electron chi connectivity index (χ3n) is 5.28. The van der Waals surface area contributed by atoms with Gasteiger partial charge in [-0.3, -0.25) is 4.79 Å². The molecule has 1 heterocycles. The summed E-state index contributed by atoms with van der Waals surface area (Å²) < 4.78 is 10.9. The van der Waals surface area contributed by atoms with Crippen molar-refractivity contribution in [2.24, 2.45) is 5.16 Å². The Morgan fingerprint density at radius 1 is 1.03 bits per heavy atom. The Morgan fingerprint density at radius 3 is 2.38 bits per heavy atom. The number of hydrogen-bond donors (Lipinski definition) is 0. The van der Waals surface area contributed by atoms with Crippen molar-refractivity contribution < 1.29 is 23.9 Å². The molecule has 6 nitrogen and oxygen atoms in total. The molecule has 1 aliphatic heterocycles. The molecule has 0 aromatic heterocycles. The highest BCUT2D eigenvalue weighted by Crippen LogP contribution is 2.27. The van der Waals surface area contributed by atoms with Gasteiger partial charge >= 0.3 is 11.9 Å². The Labute approximate surface area is 200 Å². The zero-order chi connectivity index (χ0) is 23.2. The number of cyclic esters (lactones) is 1. The third-order valence-corrected chi connectivity index (χ3v) is 5.81. The topological polar surface area (TPSA) is 74.2 Å². The summed E-state index contributed by atoms with van der Waals surface area (Å²) in [6, 6.07) is 4.76. The Bertz CT molecular complexity index is 769. The molecule has 0 radical (unpaired) electrons. The fourth-order valence-electron chi connectivity index (χ4n) is 3.46. The first-order valence-corrected chi connectivity index (χ1v) is 12.2. The van der Waals surface area contributed by atoms with Crippen LogP contribution in [-0.4, -0.2) is 30.4 Å². The van der Waals surface area contributed by atoms with Gasteiger partial charge in [-0.05, 0) is 57.2 Å². The van der Waals surface area contributed by atoms with Crippen molar-refractivity contribution in [3.8, 4) is 5.75 Å². The van der Waals surface area contributed by atoms with Crippen LogP contribution in [0.15, 0.2) is 23.4 Å². The molecule has 0 aliphatic carbocycles. The maximum atomic E-state index is 12.1. The number of halogens is 2. The molecule has 0 spiro atoms. The summed E-state index contributed by atoms with van der Waals surface area (Å²) in [5.74, 6) is -0.413. The van der Waals surface area contributed by atoms with Crippen molar-refractivity contribution >= 4 is 40.9 Å². The number of nitrogens with zero attached hydrogens (tertiary/aromatic N) is 1. The number of oxime groups is 1. The molecular formula is C24H33Cl2NO5. The van der Waals surface area contributed by atoms with E-state index in [1.807, 2.05) is 6.92 Å². The van der Waals surface area contributed by atoms with Crippen LogP contribution in [-0.2, 0) is 19.2 Å². The van der Waals surface area contributed by atoms with Crippen molar-refractivity contribution in [2.45, 2.75) is 90.1 Å². The van der Waals surface area contributed by atoms with E-state index in [-0.39, 0.29) is 18.7 Å². The van der Waals surface area contributed by atoms with Gasteiger partial charge in [-0.2, -0.15) is 0 Å². The van der Waals surface area contributed by atoms with Gasteiger partial charge in [-0.25, -0.2) is 4.79 Å². The molecule has 1 aromatic carbocycles. The predicted octanol–water partition coefficient (Wildman–Crippen LogP) is 6.90. The van der Waals surface area contributed by atoms with Crippen LogP contribution in [0, 0.1) is 0 Å². The lowest BCUT2D eigenvalue weighted by Gasteiger charge is -2.14. The van der Waals surface area contributed by atoms with E-state index in [1.54, 1.807) is 12.1 Å². The smallest absolute Gasteiger partial charge is 0.372 e. The minimum atomic E-state index is -0.616. The molecule has 1 atom stereocenters. The van der Waals surface area contributed by atoms with Gasteiger partial charge in [0.2, 0.25) is 0 Å². The number of rotatable bonds is 4. The zero-order valence-corrected chi connectivity index (χ0v) is 20.3. The lowest BCUT2D eigenvalue weighted by molar-refractivity contribution is -0.148. The first kappa shape index (κ1) is 26.5. The van der Waals surface area contributed by atoms with Gasteiger partial charge in [0.15, 0.2) is 6.61 Å². The average Bonchev–Trinajstić information content (AvgIpc) is 2.74. The van der Waals surface area contributed by atoms with Gasteiger partial charge in [0.05, 0.1) is 16.8 Å². The van der Waals surface area contributed by atoms with Crippen LogP contribution in [0.5, 0.6) is 5.75 Å². The highest BCUT2D eigenvalue weighted by Gasteiger charge is 2.13. The van der Waals surface area contributed by atoms with E-state index in [2.05, 4.69) is 5.16 Å².